The number of hydrogen-bond acceptors (Lipinski definition) is 10. The fourth-order valence-corrected chi connectivity index (χ4v) is 6.22. The lowest BCUT2D eigenvalue weighted by Gasteiger charge is -2.37. The molecule has 2 aliphatic heterocycles. The van der Waals surface area contributed by atoms with Crippen molar-refractivity contribution >= 4 is 57.4 Å². The Kier molecular flexibility index (Phi) is 8.98. The number of aryl methyl sites for hydroxylation is 1. The Morgan fingerprint density at radius 2 is 1.39 bits per heavy atom. The first-order valence-corrected chi connectivity index (χ1v) is 16.4. The third kappa shape index (κ3) is 7.08. The normalized spacial score (nSPS) is 15.7. The van der Waals surface area contributed by atoms with Gasteiger partial charge in [-0.3, -0.25) is 9.88 Å². The number of nitrogens with zero attached hydrogens (tertiary/aromatic N) is 8. The molecule has 5 aromatic rings. The second-order valence-electron chi connectivity index (χ2n) is 11.8. The van der Waals surface area contributed by atoms with Crippen LogP contribution in [0.15, 0.2) is 85.1 Å². The van der Waals surface area contributed by atoms with Crippen LogP contribution >= 0.6 is 11.6 Å². The van der Waals surface area contributed by atoms with Gasteiger partial charge in [-0.2, -0.15) is 15.0 Å². The first kappa shape index (κ1) is 30.0. The minimum Gasteiger partial charge on any atom is -0.383 e. The Morgan fingerprint density at radius 3 is 2.11 bits per heavy atom. The number of para-hydroxylation sites is 1. The van der Waals surface area contributed by atoms with Crippen molar-refractivity contribution in [3.63, 3.8) is 0 Å². The predicted molar refractivity (Wildman–Crippen MR) is 189 cm³/mol. The molecule has 2 aliphatic rings. The summed E-state index contributed by atoms with van der Waals surface area (Å²) in [6.07, 6.45) is 1.83. The molecular weight excluding hydrogens is 596 g/mol. The summed E-state index contributed by atoms with van der Waals surface area (Å²) in [4.78, 5) is 28.8. The molecule has 0 bridgehead atoms. The summed E-state index contributed by atoms with van der Waals surface area (Å²) in [5.74, 6) is 2.03. The molecular formula is C35H39ClN10. The van der Waals surface area contributed by atoms with Gasteiger partial charge in [-0.1, -0.05) is 47.5 Å². The summed E-state index contributed by atoms with van der Waals surface area (Å²) in [7, 11) is 0. The Bertz CT molecular complexity index is 1750. The number of piperazine rings is 2. The van der Waals surface area contributed by atoms with Gasteiger partial charge in [0, 0.05) is 99.1 Å². The van der Waals surface area contributed by atoms with E-state index in [0.29, 0.717) is 11.0 Å². The number of pyridine rings is 1. The third-order valence-corrected chi connectivity index (χ3v) is 8.94. The van der Waals surface area contributed by atoms with Crippen LogP contribution in [0.25, 0.3) is 10.9 Å². The third-order valence-electron chi connectivity index (χ3n) is 8.71. The number of fused-ring (bicyclic) bond motifs is 1. The standard InChI is InChI=1S/C35H39ClN10/c1-26-7-10-28(11-8-26)39-33-40-34(42-35(41-33)46-23-21-44(22-24-46)29-5-3-2-4-6-29)45-19-17-43(18-20-45)16-15-38-31-13-14-37-32-25-27(36)9-12-30(31)32/h2-14,25H,15-24H2,1H3,(H,37,38)(H,39,40,41,42). The highest BCUT2D eigenvalue weighted by atomic mass is 35.5. The zero-order valence-corrected chi connectivity index (χ0v) is 26.9. The predicted octanol–water partition coefficient (Wildman–Crippen LogP) is 5.69. The summed E-state index contributed by atoms with van der Waals surface area (Å²) < 4.78 is 0. The lowest BCUT2D eigenvalue weighted by molar-refractivity contribution is 0.266. The van der Waals surface area contributed by atoms with Crippen LogP contribution in [0.3, 0.4) is 0 Å². The van der Waals surface area contributed by atoms with Crippen LogP contribution < -0.4 is 25.3 Å². The van der Waals surface area contributed by atoms with E-state index < -0.39 is 0 Å². The van der Waals surface area contributed by atoms with Crippen LogP contribution in [0.2, 0.25) is 5.02 Å². The van der Waals surface area contributed by atoms with Crippen LogP contribution in [-0.2, 0) is 0 Å². The first-order chi connectivity index (χ1) is 22.6. The highest BCUT2D eigenvalue weighted by molar-refractivity contribution is 6.31. The van der Waals surface area contributed by atoms with E-state index in [1.54, 1.807) is 0 Å². The van der Waals surface area contributed by atoms with Crippen LogP contribution in [0.1, 0.15) is 5.56 Å². The van der Waals surface area contributed by atoms with E-state index in [-0.39, 0.29) is 0 Å². The van der Waals surface area contributed by atoms with Crippen molar-refractivity contribution in [1.82, 2.24) is 24.8 Å². The molecule has 0 amide bonds. The van der Waals surface area contributed by atoms with Gasteiger partial charge in [-0.25, -0.2) is 0 Å². The molecule has 2 saturated heterocycles. The molecule has 10 nitrogen and oxygen atoms in total. The second-order valence-corrected chi connectivity index (χ2v) is 12.3. The maximum Gasteiger partial charge on any atom is 0.233 e. The van der Waals surface area contributed by atoms with Gasteiger partial charge in [0.2, 0.25) is 17.8 Å². The average Bonchev–Trinajstić information content (AvgIpc) is 3.10. The fourth-order valence-electron chi connectivity index (χ4n) is 6.06. The number of hydrogen-bond donors (Lipinski definition) is 2. The molecule has 2 aromatic heterocycles. The van der Waals surface area contributed by atoms with Crippen molar-refractivity contribution in [3.05, 3.63) is 95.6 Å². The van der Waals surface area contributed by atoms with Crippen LogP contribution in [0.5, 0.6) is 0 Å². The molecule has 0 unspecified atom stereocenters. The number of nitrogens with one attached hydrogen (secondary N) is 2. The SMILES string of the molecule is Cc1ccc(Nc2nc(N3CCN(CCNc4ccnc5cc(Cl)ccc45)CC3)nc(N3CCN(c4ccccc4)CC3)n2)cc1. The molecule has 0 atom stereocenters. The fraction of sp³-hybridized carbons (Fsp3) is 0.314. The van der Waals surface area contributed by atoms with Gasteiger partial charge >= 0.3 is 0 Å². The first-order valence-electron chi connectivity index (χ1n) is 16.0. The van der Waals surface area contributed by atoms with Crippen LogP contribution in [0, 0.1) is 6.92 Å². The molecule has 0 radical (unpaired) electrons. The molecule has 46 heavy (non-hydrogen) atoms. The minimum atomic E-state index is 0.576. The zero-order valence-electron chi connectivity index (χ0n) is 26.1. The number of halogens is 1. The molecule has 0 saturated carbocycles. The maximum absolute atomic E-state index is 6.17. The molecule has 7 rings (SSSR count). The topological polar surface area (TPSA) is 88.6 Å². The van der Waals surface area contributed by atoms with E-state index in [1.807, 2.05) is 30.5 Å². The molecule has 11 heteroatoms. The van der Waals surface area contributed by atoms with E-state index in [9.17, 15) is 0 Å². The monoisotopic (exact) mass is 634 g/mol. The van der Waals surface area contributed by atoms with Crippen molar-refractivity contribution in [2.75, 3.05) is 90.8 Å². The molecule has 4 heterocycles. The van der Waals surface area contributed by atoms with E-state index in [2.05, 4.69) is 96.7 Å². The van der Waals surface area contributed by atoms with Crippen molar-refractivity contribution in [2.24, 2.45) is 0 Å². The van der Waals surface area contributed by atoms with Gasteiger partial charge in [0.25, 0.3) is 0 Å². The Balaban J connectivity index is 1.01. The highest BCUT2D eigenvalue weighted by Gasteiger charge is 2.24. The van der Waals surface area contributed by atoms with E-state index >= 15 is 0 Å². The summed E-state index contributed by atoms with van der Waals surface area (Å²) in [5.41, 5.74) is 5.41. The van der Waals surface area contributed by atoms with E-state index in [4.69, 9.17) is 26.6 Å². The summed E-state index contributed by atoms with van der Waals surface area (Å²) in [6, 6.07) is 26.8. The van der Waals surface area contributed by atoms with Crippen LogP contribution in [-0.4, -0.2) is 90.3 Å². The molecule has 2 N–H and O–H groups in total. The summed E-state index contributed by atoms with van der Waals surface area (Å²) in [5, 5.41) is 8.82. The quantitative estimate of drug-likeness (QED) is 0.211. The molecule has 2 fully saturated rings. The van der Waals surface area contributed by atoms with Gasteiger partial charge in [-0.05, 0) is 55.5 Å². The van der Waals surface area contributed by atoms with E-state index in [0.717, 1.165) is 99.6 Å². The molecule has 3 aromatic carbocycles. The van der Waals surface area contributed by atoms with Gasteiger partial charge in [0.1, 0.15) is 0 Å². The van der Waals surface area contributed by atoms with Gasteiger partial charge in [0.15, 0.2) is 0 Å². The smallest absolute Gasteiger partial charge is 0.233 e. The maximum atomic E-state index is 6.17. The summed E-state index contributed by atoms with van der Waals surface area (Å²) >= 11 is 6.17. The second kappa shape index (κ2) is 13.8. The molecule has 0 spiro atoms. The van der Waals surface area contributed by atoms with Crippen molar-refractivity contribution < 1.29 is 0 Å². The van der Waals surface area contributed by atoms with Gasteiger partial charge in [-0.15, -0.1) is 0 Å². The highest BCUT2D eigenvalue weighted by Crippen LogP contribution is 2.25. The van der Waals surface area contributed by atoms with E-state index in [1.165, 1.54) is 11.3 Å². The lowest BCUT2D eigenvalue weighted by atomic mass is 10.2. The Labute approximate surface area is 275 Å². The zero-order chi connectivity index (χ0) is 31.3. The Morgan fingerprint density at radius 1 is 0.717 bits per heavy atom. The Hall–Kier alpha value is -4.67. The van der Waals surface area contributed by atoms with Gasteiger partial charge < -0.3 is 25.3 Å². The average molecular weight is 635 g/mol. The number of rotatable bonds is 9. The molecule has 0 aliphatic carbocycles. The summed E-state index contributed by atoms with van der Waals surface area (Å²) in [6.45, 7) is 11.0. The van der Waals surface area contributed by atoms with Gasteiger partial charge in [0.05, 0.1) is 5.52 Å². The van der Waals surface area contributed by atoms with Crippen molar-refractivity contribution in [2.45, 2.75) is 6.92 Å². The molecule has 236 valence electrons. The number of anilines is 6. The van der Waals surface area contributed by atoms with Crippen LogP contribution in [0.4, 0.5) is 34.9 Å². The number of benzene rings is 3. The van der Waals surface area contributed by atoms with Crippen molar-refractivity contribution in [1.29, 1.82) is 0 Å². The largest absolute Gasteiger partial charge is 0.383 e. The van der Waals surface area contributed by atoms with Crippen molar-refractivity contribution in [3.8, 4) is 0 Å². The minimum absolute atomic E-state index is 0.576. The number of aromatic nitrogens is 4. The lowest BCUT2D eigenvalue weighted by Crippen LogP contribution is -2.49.